The third-order valence-electron chi connectivity index (χ3n) is 3.22. The summed E-state index contributed by atoms with van der Waals surface area (Å²) in [5, 5.41) is 0. The van der Waals surface area contributed by atoms with Crippen LogP contribution in [0.1, 0.15) is 22.7 Å². The second kappa shape index (κ2) is 6.60. The molecule has 21 heavy (non-hydrogen) atoms. The van der Waals surface area contributed by atoms with Gasteiger partial charge in [-0.2, -0.15) is 0 Å². The smallest absolute Gasteiger partial charge is 0.130 e. The van der Waals surface area contributed by atoms with Crippen molar-refractivity contribution in [3.8, 4) is 0 Å². The highest BCUT2D eigenvalue weighted by Gasteiger charge is 2.17. The second-order valence-electron chi connectivity index (χ2n) is 4.82. The van der Waals surface area contributed by atoms with Crippen molar-refractivity contribution in [1.82, 2.24) is 5.43 Å². The molecule has 0 aromatic heterocycles. The van der Waals surface area contributed by atoms with E-state index in [1.165, 1.54) is 18.2 Å². The zero-order valence-electron chi connectivity index (χ0n) is 11.3. The Labute approximate surface area is 129 Å². The molecule has 2 rings (SSSR count). The van der Waals surface area contributed by atoms with Crippen LogP contribution in [0.4, 0.5) is 13.2 Å². The number of hydrogen-bond acceptors (Lipinski definition) is 2. The molecule has 1 unspecified atom stereocenters. The Morgan fingerprint density at radius 2 is 1.81 bits per heavy atom. The number of hydrazine groups is 1. The van der Waals surface area contributed by atoms with Crippen molar-refractivity contribution < 1.29 is 13.2 Å². The Bertz CT molecular complexity index is 641. The van der Waals surface area contributed by atoms with Crippen LogP contribution in [-0.2, 0) is 6.42 Å². The van der Waals surface area contributed by atoms with Crippen LogP contribution in [-0.4, -0.2) is 0 Å². The van der Waals surface area contributed by atoms with Crippen LogP contribution < -0.4 is 11.3 Å². The molecule has 0 spiro atoms. The van der Waals surface area contributed by atoms with Crippen LogP contribution in [0.5, 0.6) is 0 Å². The summed E-state index contributed by atoms with van der Waals surface area (Å²) in [5.74, 6) is 3.78. The Balaban J connectivity index is 2.34. The van der Waals surface area contributed by atoms with Crippen molar-refractivity contribution in [1.29, 1.82) is 0 Å². The molecule has 2 aromatic carbocycles. The lowest BCUT2D eigenvalue weighted by Gasteiger charge is -2.18. The van der Waals surface area contributed by atoms with Gasteiger partial charge in [-0.3, -0.25) is 11.3 Å². The molecule has 0 saturated carbocycles. The fourth-order valence-corrected chi connectivity index (χ4v) is 2.68. The Morgan fingerprint density at radius 1 is 1.10 bits per heavy atom. The second-order valence-corrected chi connectivity index (χ2v) is 5.74. The molecule has 0 fully saturated rings. The van der Waals surface area contributed by atoms with E-state index in [1.807, 2.05) is 0 Å². The topological polar surface area (TPSA) is 38.0 Å². The van der Waals surface area contributed by atoms with Gasteiger partial charge >= 0.3 is 0 Å². The normalized spacial score (nSPS) is 12.5. The van der Waals surface area contributed by atoms with E-state index >= 15 is 0 Å². The number of nitrogens with one attached hydrogen (secondary N) is 1. The minimum atomic E-state index is -0.684. The maximum absolute atomic E-state index is 13.9. The first-order valence-electron chi connectivity index (χ1n) is 6.27. The van der Waals surface area contributed by atoms with Crippen LogP contribution in [0.3, 0.4) is 0 Å². The monoisotopic (exact) mass is 358 g/mol. The maximum Gasteiger partial charge on any atom is 0.130 e. The summed E-state index contributed by atoms with van der Waals surface area (Å²) in [7, 11) is 0. The quantitative estimate of drug-likeness (QED) is 0.642. The summed E-state index contributed by atoms with van der Waals surface area (Å²) >= 11 is 3.20. The summed E-state index contributed by atoms with van der Waals surface area (Å²) in [4.78, 5) is 0. The third-order valence-corrected chi connectivity index (χ3v) is 3.67. The first kappa shape index (κ1) is 16.0. The van der Waals surface area contributed by atoms with E-state index in [1.54, 1.807) is 13.0 Å². The van der Waals surface area contributed by atoms with Crippen LogP contribution >= 0.6 is 15.9 Å². The average Bonchev–Trinajstić information content (AvgIpc) is 2.39. The highest BCUT2D eigenvalue weighted by atomic mass is 79.9. The number of aryl methyl sites for hydroxylation is 1. The van der Waals surface area contributed by atoms with Gasteiger partial charge < -0.3 is 0 Å². The summed E-state index contributed by atoms with van der Waals surface area (Å²) in [5.41, 5.74) is 3.71. The van der Waals surface area contributed by atoms with Crippen LogP contribution in [0.15, 0.2) is 34.8 Å². The highest BCUT2D eigenvalue weighted by Crippen LogP contribution is 2.25. The van der Waals surface area contributed by atoms with Crippen LogP contribution in [0, 0.1) is 24.4 Å². The van der Waals surface area contributed by atoms with Crippen molar-refractivity contribution in [3.05, 3.63) is 68.9 Å². The standard InChI is InChI=1S/C15H14BrF3N2/c1-8-2-12(14(19)7-13(8)18)15(21-20)5-9-3-10(16)6-11(17)4-9/h2-4,6-7,15,21H,5,20H2,1H3. The Hall–Kier alpha value is -1.37. The van der Waals surface area contributed by atoms with E-state index in [0.717, 1.165) is 6.07 Å². The van der Waals surface area contributed by atoms with Gasteiger partial charge in [0.15, 0.2) is 0 Å². The van der Waals surface area contributed by atoms with Gasteiger partial charge in [0, 0.05) is 16.1 Å². The van der Waals surface area contributed by atoms with Crippen molar-refractivity contribution in [2.45, 2.75) is 19.4 Å². The van der Waals surface area contributed by atoms with Gasteiger partial charge in [-0.05, 0) is 48.7 Å². The summed E-state index contributed by atoms with van der Waals surface area (Å²) in [6.07, 6.45) is 0.273. The van der Waals surface area contributed by atoms with E-state index < -0.39 is 23.5 Å². The fraction of sp³-hybridized carbons (Fsp3) is 0.200. The first-order chi connectivity index (χ1) is 9.90. The fourth-order valence-electron chi connectivity index (χ4n) is 2.17. The van der Waals surface area contributed by atoms with Crippen molar-refractivity contribution in [2.24, 2.45) is 5.84 Å². The molecule has 3 N–H and O–H groups in total. The molecule has 0 saturated heterocycles. The lowest BCUT2D eigenvalue weighted by atomic mass is 9.97. The van der Waals surface area contributed by atoms with Gasteiger partial charge in [-0.25, -0.2) is 13.2 Å². The van der Waals surface area contributed by atoms with Gasteiger partial charge in [-0.15, -0.1) is 0 Å². The first-order valence-corrected chi connectivity index (χ1v) is 7.06. The minimum Gasteiger partial charge on any atom is -0.271 e. The van der Waals surface area contributed by atoms with Crippen molar-refractivity contribution in [2.75, 3.05) is 0 Å². The van der Waals surface area contributed by atoms with Gasteiger partial charge in [0.25, 0.3) is 0 Å². The van der Waals surface area contributed by atoms with Gasteiger partial charge in [0.1, 0.15) is 17.5 Å². The van der Waals surface area contributed by atoms with Gasteiger partial charge in [0.2, 0.25) is 0 Å². The lowest BCUT2D eigenvalue weighted by molar-refractivity contribution is 0.499. The molecule has 0 amide bonds. The molecule has 6 heteroatoms. The number of rotatable bonds is 4. The van der Waals surface area contributed by atoms with E-state index in [2.05, 4.69) is 21.4 Å². The van der Waals surface area contributed by atoms with E-state index in [-0.39, 0.29) is 12.0 Å². The molecule has 0 radical (unpaired) electrons. The molecule has 0 aliphatic rings. The molecular weight excluding hydrogens is 345 g/mol. The number of hydrogen-bond donors (Lipinski definition) is 2. The van der Waals surface area contributed by atoms with Crippen molar-refractivity contribution in [3.63, 3.8) is 0 Å². The van der Waals surface area contributed by atoms with Crippen molar-refractivity contribution >= 4 is 15.9 Å². The summed E-state index contributed by atoms with van der Waals surface area (Å²) in [6, 6.07) is 6.06. The third kappa shape index (κ3) is 3.84. The molecule has 112 valence electrons. The minimum absolute atomic E-state index is 0.247. The van der Waals surface area contributed by atoms with E-state index in [0.29, 0.717) is 15.6 Å². The lowest BCUT2D eigenvalue weighted by Crippen LogP contribution is -2.30. The average molecular weight is 359 g/mol. The molecule has 2 nitrogen and oxygen atoms in total. The zero-order chi connectivity index (χ0) is 15.6. The van der Waals surface area contributed by atoms with E-state index in [4.69, 9.17) is 5.84 Å². The summed E-state index contributed by atoms with van der Waals surface area (Å²) in [6.45, 7) is 1.55. The predicted molar refractivity (Wildman–Crippen MR) is 79.0 cm³/mol. The van der Waals surface area contributed by atoms with E-state index in [9.17, 15) is 13.2 Å². The molecule has 0 aliphatic carbocycles. The van der Waals surface area contributed by atoms with Gasteiger partial charge in [0.05, 0.1) is 6.04 Å². The number of nitrogens with two attached hydrogens (primary N) is 1. The molecule has 0 heterocycles. The highest BCUT2D eigenvalue weighted by molar-refractivity contribution is 9.10. The molecular formula is C15H14BrF3N2. The van der Waals surface area contributed by atoms with Crippen LogP contribution in [0.2, 0.25) is 0 Å². The zero-order valence-corrected chi connectivity index (χ0v) is 12.8. The maximum atomic E-state index is 13.9. The molecule has 0 bridgehead atoms. The largest absolute Gasteiger partial charge is 0.271 e. The Kier molecular flexibility index (Phi) is 5.03. The summed E-state index contributed by atoms with van der Waals surface area (Å²) < 4.78 is 41.2. The van der Waals surface area contributed by atoms with Gasteiger partial charge in [-0.1, -0.05) is 15.9 Å². The SMILES string of the molecule is Cc1cc(C(Cc2cc(F)cc(Br)c2)NN)c(F)cc1F. The predicted octanol–water partition coefficient (Wildman–Crippen LogP) is 3.92. The molecule has 0 aliphatic heterocycles. The number of halogens is 4. The molecule has 2 aromatic rings. The Morgan fingerprint density at radius 3 is 2.43 bits per heavy atom. The number of benzene rings is 2. The molecule has 1 atom stereocenters. The van der Waals surface area contributed by atoms with Crippen LogP contribution in [0.25, 0.3) is 0 Å².